The zero-order valence-electron chi connectivity index (χ0n) is 7.58. The van der Waals surface area contributed by atoms with Crippen LogP contribution in [0.25, 0.3) is 22.3 Å². The summed E-state index contributed by atoms with van der Waals surface area (Å²) in [6, 6.07) is 0. The van der Waals surface area contributed by atoms with Gasteiger partial charge in [-0.3, -0.25) is 0 Å². The molecule has 1 aliphatic rings. The predicted octanol–water partition coefficient (Wildman–Crippen LogP) is 0.234. The summed E-state index contributed by atoms with van der Waals surface area (Å²) in [7, 11) is 0. The molecule has 0 atom stereocenters. The lowest BCUT2D eigenvalue weighted by Crippen LogP contribution is -1.91. The molecule has 0 bridgehead atoms. The SMILES string of the molecule is Oc1c2c(c(O)n1O)-c1c-2c(O)n(O)c1O. The Morgan fingerprint density at radius 3 is 0.875 bits per heavy atom. The van der Waals surface area contributed by atoms with Gasteiger partial charge in [0.15, 0.2) is 0 Å². The van der Waals surface area contributed by atoms with E-state index in [9.17, 15) is 30.8 Å². The Kier molecular flexibility index (Phi) is 1.15. The van der Waals surface area contributed by atoms with Gasteiger partial charge < -0.3 is 30.8 Å². The van der Waals surface area contributed by atoms with Gasteiger partial charge in [-0.25, -0.2) is 0 Å². The monoisotopic (exact) mass is 226 g/mol. The summed E-state index contributed by atoms with van der Waals surface area (Å²) in [5.41, 5.74) is -0.127. The molecule has 0 unspecified atom stereocenters. The summed E-state index contributed by atoms with van der Waals surface area (Å²) < 4.78 is 0.233. The van der Waals surface area contributed by atoms with Crippen molar-refractivity contribution in [2.75, 3.05) is 0 Å². The Labute approximate surface area is 87.0 Å². The number of hydrogen-bond donors (Lipinski definition) is 6. The lowest BCUT2D eigenvalue weighted by Gasteiger charge is -2.13. The molecule has 2 aromatic rings. The Morgan fingerprint density at radius 2 is 0.688 bits per heavy atom. The summed E-state index contributed by atoms with van der Waals surface area (Å²) >= 11 is 0. The summed E-state index contributed by atoms with van der Waals surface area (Å²) in [5, 5.41) is 55.9. The van der Waals surface area contributed by atoms with Crippen molar-refractivity contribution in [3.63, 3.8) is 0 Å². The van der Waals surface area contributed by atoms with Crippen LogP contribution in [0.15, 0.2) is 0 Å². The van der Waals surface area contributed by atoms with Crippen molar-refractivity contribution in [3.8, 4) is 45.8 Å². The minimum Gasteiger partial charge on any atom is -0.492 e. The van der Waals surface area contributed by atoms with E-state index in [-0.39, 0.29) is 31.7 Å². The largest absolute Gasteiger partial charge is 0.492 e. The van der Waals surface area contributed by atoms with Gasteiger partial charge in [-0.05, 0) is 0 Å². The number of rotatable bonds is 0. The molecule has 8 nitrogen and oxygen atoms in total. The quantitative estimate of drug-likeness (QED) is 0.304. The third-order valence-electron chi connectivity index (χ3n) is 2.70. The van der Waals surface area contributed by atoms with Crippen LogP contribution >= 0.6 is 0 Å². The third-order valence-corrected chi connectivity index (χ3v) is 2.70. The van der Waals surface area contributed by atoms with Crippen molar-refractivity contribution in [3.05, 3.63) is 0 Å². The number of nitrogens with zero attached hydrogens (tertiary/aromatic N) is 2. The number of hydrogen-bond acceptors (Lipinski definition) is 6. The standard InChI is InChI=1S/C8H6N2O6/c11-5-1-2(6(12)9(5)15)4-3(1)7(13)10(16)8(4)14/h11-16H. The van der Waals surface area contributed by atoms with Gasteiger partial charge in [0.2, 0.25) is 23.5 Å². The highest BCUT2D eigenvalue weighted by molar-refractivity contribution is 6.12. The molecular weight excluding hydrogens is 220 g/mol. The van der Waals surface area contributed by atoms with Crippen molar-refractivity contribution in [2.45, 2.75) is 0 Å². The molecule has 0 saturated carbocycles. The average Bonchev–Trinajstić information content (AvgIpc) is 2.49. The van der Waals surface area contributed by atoms with E-state index in [0.717, 1.165) is 0 Å². The van der Waals surface area contributed by atoms with E-state index < -0.39 is 23.5 Å². The molecular formula is C8H6N2O6. The molecule has 0 fully saturated rings. The van der Waals surface area contributed by atoms with Crippen LogP contribution < -0.4 is 0 Å². The first-order valence-electron chi connectivity index (χ1n) is 4.19. The summed E-state index contributed by atoms with van der Waals surface area (Å²) in [6.45, 7) is 0. The van der Waals surface area contributed by atoms with E-state index >= 15 is 0 Å². The number of aromatic nitrogens is 2. The van der Waals surface area contributed by atoms with E-state index in [2.05, 4.69) is 0 Å². The zero-order valence-corrected chi connectivity index (χ0v) is 7.58. The fourth-order valence-corrected chi connectivity index (χ4v) is 1.96. The minimum atomic E-state index is -0.680. The van der Waals surface area contributed by atoms with E-state index in [1.807, 2.05) is 0 Å². The molecule has 3 rings (SSSR count). The minimum absolute atomic E-state index is 0.0319. The molecule has 0 aliphatic heterocycles. The molecule has 16 heavy (non-hydrogen) atoms. The van der Waals surface area contributed by atoms with Gasteiger partial charge in [-0.1, -0.05) is 0 Å². The van der Waals surface area contributed by atoms with Gasteiger partial charge in [0.05, 0.1) is 22.3 Å². The summed E-state index contributed by atoms with van der Waals surface area (Å²) in [5.74, 6) is -2.72. The summed E-state index contributed by atoms with van der Waals surface area (Å²) in [4.78, 5) is 0. The first-order valence-corrected chi connectivity index (χ1v) is 4.19. The average molecular weight is 226 g/mol. The first-order chi connectivity index (χ1) is 7.46. The van der Waals surface area contributed by atoms with E-state index in [4.69, 9.17) is 0 Å². The highest BCUT2D eigenvalue weighted by atomic mass is 16.5. The molecule has 8 heteroatoms. The van der Waals surface area contributed by atoms with Crippen molar-refractivity contribution in [2.24, 2.45) is 0 Å². The molecule has 6 N–H and O–H groups in total. The zero-order chi connectivity index (χ0) is 11.8. The van der Waals surface area contributed by atoms with Crippen LogP contribution in [0.1, 0.15) is 0 Å². The normalized spacial score (nSPS) is 12.0. The maximum absolute atomic E-state index is 9.40. The maximum atomic E-state index is 9.40. The van der Waals surface area contributed by atoms with Gasteiger partial charge in [0.25, 0.3) is 0 Å². The van der Waals surface area contributed by atoms with Gasteiger partial charge in [0, 0.05) is 0 Å². The van der Waals surface area contributed by atoms with Gasteiger partial charge in [-0.2, -0.15) is 0 Å². The smallest absolute Gasteiger partial charge is 0.237 e. The van der Waals surface area contributed by atoms with Crippen LogP contribution in [-0.4, -0.2) is 40.3 Å². The highest BCUT2D eigenvalue weighted by Gasteiger charge is 2.43. The van der Waals surface area contributed by atoms with Crippen molar-refractivity contribution in [1.82, 2.24) is 9.46 Å². The molecule has 2 heterocycles. The van der Waals surface area contributed by atoms with Crippen LogP contribution in [0, 0.1) is 0 Å². The first kappa shape index (κ1) is 8.65. The fourth-order valence-electron chi connectivity index (χ4n) is 1.96. The van der Waals surface area contributed by atoms with Crippen molar-refractivity contribution < 1.29 is 30.8 Å². The number of fused-ring (bicyclic) bond motifs is 4. The van der Waals surface area contributed by atoms with E-state index in [0.29, 0.717) is 0 Å². The predicted molar refractivity (Wildman–Crippen MR) is 47.9 cm³/mol. The van der Waals surface area contributed by atoms with Gasteiger partial charge in [-0.15, -0.1) is 9.46 Å². The van der Waals surface area contributed by atoms with Crippen LogP contribution in [0.5, 0.6) is 23.5 Å². The number of aromatic hydroxyl groups is 4. The Hall–Kier alpha value is -2.64. The molecule has 0 amide bonds. The molecule has 0 radical (unpaired) electrons. The van der Waals surface area contributed by atoms with Crippen molar-refractivity contribution >= 4 is 0 Å². The second-order valence-electron chi connectivity index (χ2n) is 3.42. The van der Waals surface area contributed by atoms with Crippen LogP contribution in [0.3, 0.4) is 0 Å². The lowest BCUT2D eigenvalue weighted by molar-refractivity contribution is 0.129. The second-order valence-corrected chi connectivity index (χ2v) is 3.42. The lowest BCUT2D eigenvalue weighted by atomic mass is 9.86. The highest BCUT2D eigenvalue weighted by Crippen LogP contribution is 2.64. The van der Waals surface area contributed by atoms with Crippen LogP contribution in [0.2, 0.25) is 0 Å². The molecule has 0 spiro atoms. The fraction of sp³-hybridized carbons (Fsp3) is 0. The topological polar surface area (TPSA) is 131 Å². The van der Waals surface area contributed by atoms with Crippen LogP contribution in [0.4, 0.5) is 0 Å². The van der Waals surface area contributed by atoms with E-state index in [1.54, 1.807) is 0 Å². The van der Waals surface area contributed by atoms with Crippen LogP contribution in [-0.2, 0) is 0 Å². The molecule has 2 aromatic heterocycles. The Balaban J connectivity index is 2.42. The maximum Gasteiger partial charge on any atom is 0.237 e. The second kappa shape index (κ2) is 2.13. The third kappa shape index (κ3) is 0.593. The Bertz CT molecular complexity index is 516. The molecule has 0 aromatic carbocycles. The molecule has 1 aliphatic carbocycles. The Morgan fingerprint density at radius 1 is 0.500 bits per heavy atom. The van der Waals surface area contributed by atoms with E-state index in [1.165, 1.54) is 0 Å². The van der Waals surface area contributed by atoms with Crippen molar-refractivity contribution in [1.29, 1.82) is 0 Å². The molecule has 84 valence electrons. The van der Waals surface area contributed by atoms with Gasteiger partial charge >= 0.3 is 0 Å². The molecule has 0 saturated heterocycles. The van der Waals surface area contributed by atoms with Gasteiger partial charge in [0.1, 0.15) is 0 Å². The summed E-state index contributed by atoms with van der Waals surface area (Å²) in [6.07, 6.45) is 0.